The van der Waals surface area contributed by atoms with Crippen LogP contribution in [-0.4, -0.2) is 38.3 Å². The molecule has 0 fully saturated rings. The van der Waals surface area contributed by atoms with E-state index in [1.807, 2.05) is 16.7 Å². The zero-order valence-corrected chi connectivity index (χ0v) is 24.3. The van der Waals surface area contributed by atoms with Gasteiger partial charge >= 0.3 is 0 Å². The fraction of sp³-hybridized carbons (Fsp3) is 0.429. The van der Waals surface area contributed by atoms with Gasteiger partial charge in [0, 0.05) is 21.6 Å². The molecule has 3 aromatic rings. The second-order valence-corrected chi connectivity index (χ2v) is 21.3. The molecule has 0 bridgehead atoms. The molecule has 0 aliphatic carbocycles. The van der Waals surface area contributed by atoms with Crippen molar-refractivity contribution in [3.05, 3.63) is 78.4 Å². The fourth-order valence-electron chi connectivity index (χ4n) is 4.43. The van der Waals surface area contributed by atoms with Crippen molar-refractivity contribution in [3.63, 3.8) is 0 Å². The molecule has 0 saturated carbocycles. The average Bonchev–Trinajstić information content (AvgIpc) is 3.20. The van der Waals surface area contributed by atoms with Crippen LogP contribution < -0.4 is 10.4 Å². The Balaban J connectivity index is 1.97. The van der Waals surface area contributed by atoms with E-state index in [9.17, 15) is 4.79 Å². The van der Waals surface area contributed by atoms with Crippen molar-refractivity contribution in [1.29, 1.82) is 0 Å². The molecule has 0 unspecified atom stereocenters. The Morgan fingerprint density at radius 2 is 1.49 bits per heavy atom. The lowest BCUT2D eigenvalue weighted by atomic mass is 10.2. The maximum absolute atomic E-state index is 12.3. The monoisotopic (exact) mass is 508 g/mol. The third-order valence-electron chi connectivity index (χ3n) is 6.32. The molecule has 1 aromatic heterocycles. The van der Waals surface area contributed by atoms with Gasteiger partial charge in [-0.1, -0.05) is 101 Å². The summed E-state index contributed by atoms with van der Waals surface area (Å²) in [4.78, 5) is 16.7. The number of imidazole rings is 1. The maximum Gasteiger partial charge on any atom is 0.261 e. The second-order valence-electron chi connectivity index (χ2n) is 11.4. The summed E-state index contributed by atoms with van der Waals surface area (Å²) in [5.41, 5.74) is 0.858. The van der Waals surface area contributed by atoms with Gasteiger partial charge in [-0.15, -0.1) is 0 Å². The van der Waals surface area contributed by atoms with E-state index in [0.29, 0.717) is 25.8 Å². The number of hydrogen-bond donors (Lipinski definition) is 0. The number of benzene rings is 2. The van der Waals surface area contributed by atoms with Crippen LogP contribution in [0.1, 0.15) is 44.0 Å². The Hall–Kier alpha value is -2.33. The van der Waals surface area contributed by atoms with Crippen LogP contribution in [0.3, 0.4) is 0 Å². The quantitative estimate of drug-likeness (QED) is 0.196. The first kappa shape index (κ1) is 27.3. The summed E-state index contributed by atoms with van der Waals surface area (Å²) >= 11 is 0. The van der Waals surface area contributed by atoms with Gasteiger partial charge in [-0.2, -0.15) is 0 Å². The van der Waals surface area contributed by atoms with Crippen LogP contribution in [0.25, 0.3) is 0 Å². The van der Waals surface area contributed by atoms with Crippen molar-refractivity contribution < 1.29 is 14.0 Å². The number of carbonyl (C=O) groups is 1. The molecule has 188 valence electrons. The highest BCUT2D eigenvalue weighted by Gasteiger charge is 2.50. The molecular formula is C28H40N2O3Si2. The van der Waals surface area contributed by atoms with Gasteiger partial charge in [-0.25, -0.2) is 4.98 Å². The Kier molecular flexibility index (Phi) is 8.69. The molecule has 0 amide bonds. The summed E-state index contributed by atoms with van der Waals surface area (Å²) in [6.07, 6.45) is 1.76. The highest BCUT2D eigenvalue weighted by molar-refractivity contribution is 6.99. The number of rotatable bonds is 11. The summed E-state index contributed by atoms with van der Waals surface area (Å²) in [6.45, 7) is 16.7. The standard InChI is InChI=1S/C28H40N2O3Si2/c1-23(31)27-29-20-24(30(27)22-32-18-19-34(5,6)7)21-33-35(28(2,3)4,25-14-10-8-11-15-25)26-16-12-9-13-17-26/h8-17,20H,18-19,21-22H2,1-7H3. The molecule has 5 nitrogen and oxygen atoms in total. The molecule has 0 atom stereocenters. The third kappa shape index (κ3) is 6.47. The lowest BCUT2D eigenvalue weighted by Crippen LogP contribution is -2.66. The van der Waals surface area contributed by atoms with Crippen molar-refractivity contribution in [2.45, 2.75) is 71.8 Å². The van der Waals surface area contributed by atoms with Gasteiger partial charge in [0.15, 0.2) is 11.6 Å². The minimum Gasteiger partial charge on any atom is -0.402 e. The molecule has 0 aliphatic heterocycles. The van der Waals surface area contributed by atoms with Crippen molar-refractivity contribution in [1.82, 2.24) is 9.55 Å². The summed E-state index contributed by atoms with van der Waals surface area (Å²) in [6, 6.07) is 22.2. The summed E-state index contributed by atoms with van der Waals surface area (Å²) in [5, 5.41) is 2.32. The Bertz CT molecular complexity index is 1060. The number of nitrogens with zero attached hydrogens (tertiary/aromatic N) is 2. The van der Waals surface area contributed by atoms with Crippen LogP contribution in [0.5, 0.6) is 0 Å². The minimum absolute atomic E-state index is 0.0736. The molecule has 0 spiro atoms. The number of ether oxygens (including phenoxy) is 1. The summed E-state index contributed by atoms with van der Waals surface area (Å²) in [5.74, 6) is 0.342. The lowest BCUT2D eigenvalue weighted by Gasteiger charge is -2.43. The Morgan fingerprint density at radius 1 is 0.943 bits per heavy atom. The smallest absolute Gasteiger partial charge is 0.261 e. The maximum atomic E-state index is 12.3. The van der Waals surface area contributed by atoms with Crippen molar-refractivity contribution in [3.8, 4) is 0 Å². The van der Waals surface area contributed by atoms with E-state index in [2.05, 4.69) is 93.9 Å². The normalized spacial score (nSPS) is 12.7. The van der Waals surface area contributed by atoms with Crippen molar-refractivity contribution >= 4 is 32.5 Å². The first-order valence-corrected chi connectivity index (χ1v) is 18.0. The molecule has 1 heterocycles. The van der Waals surface area contributed by atoms with Crippen LogP contribution in [0.15, 0.2) is 66.9 Å². The van der Waals surface area contributed by atoms with E-state index in [0.717, 1.165) is 11.7 Å². The number of aromatic nitrogens is 2. The number of Topliss-reactive ketones (excluding diaryl/α,β-unsaturated/α-hetero) is 1. The zero-order chi connectivity index (χ0) is 25.7. The molecule has 0 aliphatic rings. The molecule has 2 aromatic carbocycles. The van der Waals surface area contributed by atoms with Crippen LogP contribution in [0, 0.1) is 0 Å². The van der Waals surface area contributed by atoms with Gasteiger partial charge in [-0.05, 0) is 21.5 Å². The second kappa shape index (κ2) is 11.2. The molecular weight excluding hydrogens is 468 g/mol. The van der Waals surface area contributed by atoms with Gasteiger partial charge in [0.05, 0.1) is 18.5 Å². The highest BCUT2D eigenvalue weighted by Crippen LogP contribution is 2.37. The molecule has 7 heteroatoms. The first-order chi connectivity index (χ1) is 16.5. The van der Waals surface area contributed by atoms with E-state index in [1.54, 1.807) is 13.1 Å². The molecule has 0 N–H and O–H groups in total. The molecule has 0 saturated heterocycles. The van der Waals surface area contributed by atoms with E-state index < -0.39 is 16.4 Å². The number of ketones is 1. The number of carbonyl (C=O) groups excluding carboxylic acids is 1. The van der Waals surface area contributed by atoms with Gasteiger partial charge in [-0.3, -0.25) is 9.36 Å². The van der Waals surface area contributed by atoms with Crippen LogP contribution >= 0.6 is 0 Å². The average molecular weight is 509 g/mol. The molecule has 3 rings (SSSR count). The van der Waals surface area contributed by atoms with Gasteiger partial charge < -0.3 is 9.16 Å². The number of hydrogen-bond acceptors (Lipinski definition) is 4. The van der Waals surface area contributed by atoms with Crippen LogP contribution in [0.4, 0.5) is 0 Å². The van der Waals surface area contributed by atoms with E-state index in [-0.39, 0.29) is 10.8 Å². The topological polar surface area (TPSA) is 53.3 Å². The predicted molar refractivity (Wildman–Crippen MR) is 149 cm³/mol. The first-order valence-electron chi connectivity index (χ1n) is 12.3. The van der Waals surface area contributed by atoms with Crippen LogP contribution in [0.2, 0.25) is 30.7 Å². The molecule has 35 heavy (non-hydrogen) atoms. The Morgan fingerprint density at radius 3 is 1.94 bits per heavy atom. The summed E-state index contributed by atoms with van der Waals surface area (Å²) in [7, 11) is -3.90. The van der Waals surface area contributed by atoms with Crippen LogP contribution in [-0.2, 0) is 22.5 Å². The SMILES string of the molecule is CC(=O)c1ncc(CO[Si](c2ccccc2)(c2ccccc2)C(C)(C)C)n1COCC[Si](C)(C)C. The predicted octanol–water partition coefficient (Wildman–Crippen LogP) is 5.47. The third-order valence-corrected chi connectivity index (χ3v) is 13.0. The minimum atomic E-state index is -2.70. The highest BCUT2D eigenvalue weighted by atomic mass is 28.4. The fourth-order valence-corrected chi connectivity index (χ4v) is 9.71. The summed E-state index contributed by atoms with van der Waals surface area (Å²) < 4.78 is 15.0. The van der Waals surface area contributed by atoms with E-state index in [1.165, 1.54) is 10.4 Å². The zero-order valence-electron chi connectivity index (χ0n) is 22.3. The van der Waals surface area contributed by atoms with Gasteiger partial charge in [0.2, 0.25) is 0 Å². The van der Waals surface area contributed by atoms with Gasteiger partial charge in [0.25, 0.3) is 8.32 Å². The van der Waals surface area contributed by atoms with E-state index in [4.69, 9.17) is 9.16 Å². The Labute approximate surface area is 212 Å². The van der Waals surface area contributed by atoms with Crippen molar-refractivity contribution in [2.75, 3.05) is 6.61 Å². The van der Waals surface area contributed by atoms with Crippen molar-refractivity contribution in [2.24, 2.45) is 0 Å². The lowest BCUT2D eigenvalue weighted by molar-refractivity contribution is 0.0769. The molecule has 0 radical (unpaired) electrons. The van der Waals surface area contributed by atoms with E-state index >= 15 is 0 Å². The van der Waals surface area contributed by atoms with Gasteiger partial charge in [0.1, 0.15) is 6.73 Å². The largest absolute Gasteiger partial charge is 0.402 e.